The lowest BCUT2D eigenvalue weighted by Crippen LogP contribution is -2.41. The number of hydrogen-bond donors (Lipinski definition) is 2. The molecule has 18 heavy (non-hydrogen) atoms. The Balaban J connectivity index is 1.94. The number of benzene rings is 1. The molecule has 0 saturated carbocycles. The molecule has 2 atom stereocenters. The van der Waals surface area contributed by atoms with Gasteiger partial charge in [0.05, 0.1) is 17.1 Å². The molecule has 1 aromatic rings. The van der Waals surface area contributed by atoms with Crippen molar-refractivity contribution < 1.29 is 13.5 Å². The average Bonchev–Trinajstić information content (AvgIpc) is 2.68. The minimum absolute atomic E-state index is 0.0369. The van der Waals surface area contributed by atoms with E-state index in [1.54, 1.807) is 6.92 Å². The van der Waals surface area contributed by atoms with E-state index in [1.165, 1.54) is 0 Å². The summed E-state index contributed by atoms with van der Waals surface area (Å²) in [4.78, 5) is 0. The standard InChI is InChI=1S/C13H19NO3S/c1-13(15,11-5-3-2-4-6-11)10-14-12-7-8-18(16,17)9-12/h2-6,12,14-15H,7-10H2,1H3. The zero-order valence-corrected chi connectivity index (χ0v) is 11.3. The first-order chi connectivity index (χ1) is 8.39. The Hall–Kier alpha value is -0.910. The molecule has 100 valence electrons. The molecule has 0 amide bonds. The van der Waals surface area contributed by atoms with E-state index in [0.29, 0.717) is 13.0 Å². The number of sulfone groups is 1. The van der Waals surface area contributed by atoms with Crippen LogP contribution in [-0.2, 0) is 15.4 Å². The molecule has 0 aliphatic carbocycles. The van der Waals surface area contributed by atoms with Gasteiger partial charge in [0.25, 0.3) is 0 Å². The summed E-state index contributed by atoms with van der Waals surface area (Å²) in [6, 6.07) is 9.36. The lowest BCUT2D eigenvalue weighted by molar-refractivity contribution is 0.0546. The Kier molecular flexibility index (Phi) is 3.75. The second-order valence-corrected chi connectivity index (χ2v) is 7.35. The third-order valence-electron chi connectivity index (χ3n) is 3.36. The second-order valence-electron chi connectivity index (χ2n) is 5.12. The van der Waals surface area contributed by atoms with E-state index in [4.69, 9.17) is 0 Å². The topological polar surface area (TPSA) is 66.4 Å². The molecule has 2 rings (SSSR count). The van der Waals surface area contributed by atoms with Crippen LogP contribution in [0.3, 0.4) is 0 Å². The Morgan fingerprint density at radius 3 is 2.61 bits per heavy atom. The number of hydrogen-bond acceptors (Lipinski definition) is 4. The summed E-state index contributed by atoms with van der Waals surface area (Å²) in [7, 11) is -2.87. The smallest absolute Gasteiger partial charge is 0.151 e. The van der Waals surface area contributed by atoms with E-state index in [2.05, 4.69) is 5.32 Å². The van der Waals surface area contributed by atoms with Gasteiger partial charge in [-0.15, -0.1) is 0 Å². The first-order valence-corrected chi connectivity index (χ1v) is 7.93. The quantitative estimate of drug-likeness (QED) is 0.843. The highest BCUT2D eigenvalue weighted by Gasteiger charge is 2.30. The summed E-state index contributed by atoms with van der Waals surface area (Å²) in [6.45, 7) is 2.09. The van der Waals surface area contributed by atoms with Gasteiger partial charge in [-0.25, -0.2) is 8.42 Å². The van der Waals surface area contributed by atoms with Gasteiger partial charge >= 0.3 is 0 Å². The van der Waals surface area contributed by atoms with Crippen molar-refractivity contribution >= 4 is 9.84 Å². The third kappa shape index (κ3) is 3.31. The highest BCUT2D eigenvalue weighted by Crippen LogP contribution is 2.20. The van der Waals surface area contributed by atoms with Crippen LogP contribution in [0.15, 0.2) is 30.3 Å². The van der Waals surface area contributed by atoms with E-state index in [9.17, 15) is 13.5 Å². The molecule has 1 heterocycles. The van der Waals surface area contributed by atoms with E-state index in [-0.39, 0.29) is 17.5 Å². The van der Waals surface area contributed by atoms with Crippen LogP contribution in [0.4, 0.5) is 0 Å². The Labute approximate surface area is 108 Å². The molecule has 0 bridgehead atoms. The van der Waals surface area contributed by atoms with Gasteiger partial charge in [-0.05, 0) is 18.9 Å². The summed E-state index contributed by atoms with van der Waals surface area (Å²) in [5.41, 5.74) is -0.147. The van der Waals surface area contributed by atoms with Gasteiger partial charge in [-0.2, -0.15) is 0 Å². The summed E-state index contributed by atoms with van der Waals surface area (Å²) in [6.07, 6.45) is 0.632. The molecule has 5 heteroatoms. The van der Waals surface area contributed by atoms with Gasteiger partial charge in [-0.1, -0.05) is 30.3 Å². The van der Waals surface area contributed by atoms with Crippen LogP contribution < -0.4 is 5.32 Å². The molecule has 0 aromatic heterocycles. The zero-order chi connectivity index (χ0) is 13.2. The van der Waals surface area contributed by atoms with Crippen molar-refractivity contribution in [3.05, 3.63) is 35.9 Å². The molecule has 4 nitrogen and oxygen atoms in total. The monoisotopic (exact) mass is 269 g/mol. The lowest BCUT2D eigenvalue weighted by atomic mass is 9.96. The molecular weight excluding hydrogens is 250 g/mol. The molecule has 1 aliphatic heterocycles. The minimum atomic E-state index is -2.87. The highest BCUT2D eigenvalue weighted by molar-refractivity contribution is 7.91. The first kappa shape index (κ1) is 13.5. The average molecular weight is 269 g/mol. The predicted octanol–water partition coefficient (Wildman–Crippen LogP) is 0.671. The van der Waals surface area contributed by atoms with Gasteiger partial charge in [0.1, 0.15) is 0 Å². The van der Waals surface area contributed by atoms with Crippen molar-refractivity contribution in [3.63, 3.8) is 0 Å². The van der Waals surface area contributed by atoms with E-state index in [0.717, 1.165) is 5.56 Å². The molecule has 2 N–H and O–H groups in total. The molecule has 1 saturated heterocycles. The summed E-state index contributed by atoms with van der Waals surface area (Å²) >= 11 is 0. The van der Waals surface area contributed by atoms with E-state index >= 15 is 0 Å². The maximum Gasteiger partial charge on any atom is 0.151 e. The highest BCUT2D eigenvalue weighted by atomic mass is 32.2. The predicted molar refractivity (Wildman–Crippen MR) is 71.1 cm³/mol. The zero-order valence-electron chi connectivity index (χ0n) is 10.5. The lowest BCUT2D eigenvalue weighted by Gasteiger charge is -2.26. The van der Waals surface area contributed by atoms with Crippen LogP contribution in [0.2, 0.25) is 0 Å². The minimum Gasteiger partial charge on any atom is -0.384 e. The van der Waals surface area contributed by atoms with Gasteiger partial charge in [-0.3, -0.25) is 0 Å². The molecule has 1 aliphatic rings. The van der Waals surface area contributed by atoms with Crippen LogP contribution in [0.1, 0.15) is 18.9 Å². The van der Waals surface area contributed by atoms with E-state index in [1.807, 2.05) is 30.3 Å². The molecular formula is C13H19NO3S. The normalized spacial score (nSPS) is 25.8. The second kappa shape index (κ2) is 4.99. The summed E-state index contributed by atoms with van der Waals surface area (Å²) < 4.78 is 22.7. The van der Waals surface area contributed by atoms with Crippen molar-refractivity contribution in [2.45, 2.75) is 25.0 Å². The Morgan fingerprint density at radius 2 is 2.06 bits per heavy atom. The Bertz CT molecular complexity index is 496. The van der Waals surface area contributed by atoms with Crippen molar-refractivity contribution in [3.8, 4) is 0 Å². The number of rotatable bonds is 4. The van der Waals surface area contributed by atoms with E-state index < -0.39 is 15.4 Å². The van der Waals surface area contributed by atoms with Crippen molar-refractivity contribution in [2.75, 3.05) is 18.1 Å². The van der Waals surface area contributed by atoms with Crippen LogP contribution in [0.5, 0.6) is 0 Å². The van der Waals surface area contributed by atoms with Gasteiger partial charge < -0.3 is 10.4 Å². The van der Waals surface area contributed by atoms with Crippen LogP contribution in [-0.4, -0.2) is 37.6 Å². The SMILES string of the molecule is CC(O)(CNC1CCS(=O)(=O)C1)c1ccccc1. The van der Waals surface area contributed by atoms with Gasteiger partial charge in [0.15, 0.2) is 9.84 Å². The molecule has 0 radical (unpaired) electrons. The van der Waals surface area contributed by atoms with Crippen LogP contribution >= 0.6 is 0 Å². The van der Waals surface area contributed by atoms with Gasteiger partial charge in [0, 0.05) is 12.6 Å². The van der Waals surface area contributed by atoms with Gasteiger partial charge in [0.2, 0.25) is 0 Å². The Morgan fingerprint density at radius 1 is 1.39 bits per heavy atom. The molecule has 1 fully saturated rings. The summed E-state index contributed by atoms with van der Waals surface area (Å²) in [5.74, 6) is 0.427. The van der Waals surface area contributed by atoms with Crippen LogP contribution in [0, 0.1) is 0 Å². The first-order valence-electron chi connectivity index (χ1n) is 6.11. The van der Waals surface area contributed by atoms with Crippen LogP contribution in [0.25, 0.3) is 0 Å². The fourth-order valence-corrected chi connectivity index (χ4v) is 3.91. The van der Waals surface area contributed by atoms with Crippen molar-refractivity contribution in [1.29, 1.82) is 0 Å². The molecule has 2 unspecified atom stereocenters. The fourth-order valence-electron chi connectivity index (χ4n) is 2.20. The largest absolute Gasteiger partial charge is 0.384 e. The van der Waals surface area contributed by atoms with Crippen molar-refractivity contribution in [2.24, 2.45) is 0 Å². The number of aliphatic hydroxyl groups is 1. The number of nitrogens with one attached hydrogen (secondary N) is 1. The maximum atomic E-state index is 11.3. The molecule has 1 aromatic carbocycles. The summed E-state index contributed by atoms with van der Waals surface area (Å²) in [5, 5.41) is 13.5. The third-order valence-corrected chi connectivity index (χ3v) is 5.13. The molecule has 0 spiro atoms. The maximum absolute atomic E-state index is 11.3. The van der Waals surface area contributed by atoms with Crippen molar-refractivity contribution in [1.82, 2.24) is 5.32 Å². The fraction of sp³-hybridized carbons (Fsp3) is 0.538.